The zero-order chi connectivity index (χ0) is 16.3. The molecular weight excluding hydrogens is 305 g/mol. The Balaban J connectivity index is 2.16. The first-order valence-corrected chi connectivity index (χ1v) is 7.88. The molecule has 0 aliphatic carbocycles. The number of hydrogen-bond donors (Lipinski definition) is 2. The van der Waals surface area contributed by atoms with Gasteiger partial charge in [0, 0.05) is 6.54 Å². The number of hydrogen-bond acceptors (Lipinski definition) is 4. The zero-order valence-electron chi connectivity index (χ0n) is 12.6. The molecule has 1 amide bonds. The number of rotatable bonds is 5. The van der Waals surface area contributed by atoms with Crippen molar-refractivity contribution in [2.24, 2.45) is 5.92 Å². The molecule has 22 heavy (non-hydrogen) atoms. The molecule has 0 spiro atoms. The van der Waals surface area contributed by atoms with Gasteiger partial charge in [-0.2, -0.15) is 0 Å². The summed E-state index contributed by atoms with van der Waals surface area (Å²) < 4.78 is 13.1. The molecule has 0 saturated carbocycles. The van der Waals surface area contributed by atoms with Gasteiger partial charge < -0.3 is 10.3 Å². The van der Waals surface area contributed by atoms with Gasteiger partial charge in [0.1, 0.15) is 5.82 Å². The summed E-state index contributed by atoms with van der Waals surface area (Å²) in [7, 11) is 0. The number of aromatic nitrogens is 2. The third-order valence-corrected chi connectivity index (χ3v) is 3.97. The van der Waals surface area contributed by atoms with E-state index < -0.39 is 11.4 Å². The highest BCUT2D eigenvalue weighted by Gasteiger charge is 2.16. The molecule has 0 unspecified atom stereocenters. The number of carbonyl (C=O) groups is 1. The van der Waals surface area contributed by atoms with Crippen molar-refractivity contribution < 1.29 is 9.18 Å². The lowest BCUT2D eigenvalue weighted by Crippen LogP contribution is -2.33. The van der Waals surface area contributed by atoms with Crippen LogP contribution in [0.1, 0.15) is 20.8 Å². The Morgan fingerprint density at radius 1 is 1.41 bits per heavy atom. The molecule has 0 fully saturated rings. The van der Waals surface area contributed by atoms with Crippen molar-refractivity contribution in [3.8, 4) is 0 Å². The van der Waals surface area contributed by atoms with Gasteiger partial charge in [0.15, 0.2) is 5.16 Å². The van der Waals surface area contributed by atoms with E-state index in [-0.39, 0.29) is 16.5 Å². The van der Waals surface area contributed by atoms with E-state index in [1.807, 2.05) is 13.8 Å². The van der Waals surface area contributed by atoms with Crippen LogP contribution in [0.25, 0.3) is 10.9 Å². The minimum absolute atomic E-state index is 0.111. The second-order valence-corrected chi connectivity index (χ2v) is 6.76. The summed E-state index contributed by atoms with van der Waals surface area (Å²) in [5, 5.41) is 2.98. The van der Waals surface area contributed by atoms with E-state index in [2.05, 4.69) is 15.3 Å². The first-order valence-electron chi connectivity index (χ1n) is 7.00. The number of halogens is 1. The molecule has 1 aromatic carbocycles. The van der Waals surface area contributed by atoms with Crippen LogP contribution < -0.4 is 10.9 Å². The van der Waals surface area contributed by atoms with Gasteiger partial charge in [-0.05, 0) is 31.0 Å². The maximum atomic E-state index is 13.1. The number of amides is 1. The highest BCUT2D eigenvalue weighted by molar-refractivity contribution is 8.00. The fourth-order valence-corrected chi connectivity index (χ4v) is 2.64. The molecule has 5 nitrogen and oxygen atoms in total. The lowest BCUT2D eigenvalue weighted by Gasteiger charge is -2.12. The number of benzene rings is 1. The number of thioether (sulfide) groups is 1. The number of nitrogens with zero attached hydrogens (tertiary/aromatic N) is 1. The zero-order valence-corrected chi connectivity index (χ0v) is 13.5. The number of fused-ring (bicyclic) bond motifs is 1. The molecule has 1 heterocycles. The first-order chi connectivity index (χ1) is 10.4. The molecule has 0 radical (unpaired) electrons. The van der Waals surface area contributed by atoms with Crippen LogP contribution in [0.4, 0.5) is 4.39 Å². The number of carbonyl (C=O) groups excluding carboxylic acids is 1. The minimum Gasteiger partial charge on any atom is -0.355 e. The number of aromatic amines is 1. The van der Waals surface area contributed by atoms with Gasteiger partial charge in [-0.1, -0.05) is 25.6 Å². The standard InChI is InChI=1S/C15H18FN3O2S/c1-8(2)7-17-13(20)9(3)22-15-18-12-5-4-10(16)6-11(12)14(21)19-15/h4-6,8-9H,7H2,1-3H3,(H,17,20)(H,18,19,21)/t9-/m1/s1. The molecule has 118 valence electrons. The molecule has 7 heteroatoms. The average molecular weight is 323 g/mol. The first kappa shape index (κ1) is 16.5. The Morgan fingerprint density at radius 2 is 2.14 bits per heavy atom. The monoisotopic (exact) mass is 323 g/mol. The van der Waals surface area contributed by atoms with Gasteiger partial charge in [0.25, 0.3) is 5.56 Å². The summed E-state index contributed by atoms with van der Waals surface area (Å²) in [5.74, 6) is -0.225. The van der Waals surface area contributed by atoms with Crippen molar-refractivity contribution in [2.45, 2.75) is 31.2 Å². The molecule has 0 saturated heterocycles. The van der Waals surface area contributed by atoms with Gasteiger partial charge in [0.2, 0.25) is 5.91 Å². The van der Waals surface area contributed by atoms with Gasteiger partial charge in [-0.15, -0.1) is 0 Å². The van der Waals surface area contributed by atoms with E-state index in [9.17, 15) is 14.0 Å². The second kappa shape index (κ2) is 6.91. The molecule has 2 aromatic rings. The summed E-state index contributed by atoms with van der Waals surface area (Å²) >= 11 is 1.16. The summed E-state index contributed by atoms with van der Waals surface area (Å²) in [4.78, 5) is 30.7. The Morgan fingerprint density at radius 3 is 2.82 bits per heavy atom. The van der Waals surface area contributed by atoms with Gasteiger partial charge >= 0.3 is 0 Å². The van der Waals surface area contributed by atoms with E-state index in [4.69, 9.17) is 0 Å². The Labute approximate surface area is 131 Å². The summed E-state index contributed by atoms with van der Waals surface area (Å²) in [5.41, 5.74) is -0.00997. The minimum atomic E-state index is -0.485. The topological polar surface area (TPSA) is 74.8 Å². The highest BCUT2D eigenvalue weighted by atomic mass is 32.2. The number of H-pyrrole nitrogens is 1. The van der Waals surface area contributed by atoms with Gasteiger partial charge in [-0.25, -0.2) is 9.37 Å². The van der Waals surface area contributed by atoms with Gasteiger partial charge in [-0.3, -0.25) is 9.59 Å². The van der Waals surface area contributed by atoms with Crippen molar-refractivity contribution in [2.75, 3.05) is 6.54 Å². The van der Waals surface area contributed by atoms with Crippen LogP contribution in [-0.4, -0.2) is 27.7 Å². The van der Waals surface area contributed by atoms with Crippen LogP contribution in [-0.2, 0) is 4.79 Å². The molecule has 1 atom stereocenters. The lowest BCUT2D eigenvalue weighted by molar-refractivity contribution is -0.120. The van der Waals surface area contributed by atoms with Crippen LogP contribution in [0, 0.1) is 11.7 Å². The Kier molecular flexibility index (Phi) is 5.18. The molecule has 0 bridgehead atoms. The fraction of sp³-hybridized carbons (Fsp3) is 0.400. The molecule has 0 aliphatic heterocycles. The highest BCUT2D eigenvalue weighted by Crippen LogP contribution is 2.20. The summed E-state index contributed by atoms with van der Waals surface area (Å²) in [6.45, 7) is 6.37. The summed E-state index contributed by atoms with van der Waals surface area (Å²) in [6, 6.07) is 3.85. The van der Waals surface area contributed by atoms with Crippen LogP contribution in [0.5, 0.6) is 0 Å². The predicted octanol–water partition coefficient (Wildman–Crippen LogP) is 2.31. The number of nitrogens with one attached hydrogen (secondary N) is 2. The maximum absolute atomic E-state index is 13.1. The third-order valence-electron chi connectivity index (χ3n) is 2.99. The van der Waals surface area contributed by atoms with E-state index >= 15 is 0 Å². The Hall–Kier alpha value is -1.89. The molecule has 2 rings (SSSR count). The van der Waals surface area contributed by atoms with Gasteiger partial charge in [0.05, 0.1) is 16.2 Å². The van der Waals surface area contributed by atoms with E-state index in [0.29, 0.717) is 23.1 Å². The third kappa shape index (κ3) is 4.07. The van der Waals surface area contributed by atoms with E-state index in [1.165, 1.54) is 12.1 Å². The van der Waals surface area contributed by atoms with Crippen molar-refractivity contribution in [3.63, 3.8) is 0 Å². The van der Waals surface area contributed by atoms with Crippen molar-refractivity contribution in [1.29, 1.82) is 0 Å². The van der Waals surface area contributed by atoms with Crippen molar-refractivity contribution in [1.82, 2.24) is 15.3 Å². The van der Waals surface area contributed by atoms with Crippen LogP contribution in [0.2, 0.25) is 0 Å². The van der Waals surface area contributed by atoms with Crippen LogP contribution >= 0.6 is 11.8 Å². The quantitative estimate of drug-likeness (QED) is 0.654. The fourth-order valence-electron chi connectivity index (χ4n) is 1.81. The Bertz CT molecular complexity index is 745. The normalized spacial score (nSPS) is 12.6. The predicted molar refractivity (Wildman–Crippen MR) is 85.5 cm³/mol. The van der Waals surface area contributed by atoms with E-state index in [1.54, 1.807) is 6.92 Å². The van der Waals surface area contributed by atoms with Crippen molar-refractivity contribution in [3.05, 3.63) is 34.4 Å². The van der Waals surface area contributed by atoms with Crippen LogP contribution in [0.15, 0.2) is 28.2 Å². The van der Waals surface area contributed by atoms with Crippen LogP contribution in [0.3, 0.4) is 0 Å². The molecule has 0 aliphatic rings. The summed E-state index contributed by atoms with van der Waals surface area (Å²) in [6.07, 6.45) is 0. The maximum Gasteiger partial charge on any atom is 0.259 e. The lowest BCUT2D eigenvalue weighted by atomic mass is 10.2. The van der Waals surface area contributed by atoms with E-state index in [0.717, 1.165) is 17.8 Å². The SMILES string of the molecule is CC(C)CNC(=O)[C@@H](C)Sc1nc2ccc(F)cc2c(=O)[nH]1. The molecular formula is C15H18FN3O2S. The average Bonchev–Trinajstić information content (AvgIpc) is 2.45. The van der Waals surface area contributed by atoms with Crippen molar-refractivity contribution >= 4 is 28.6 Å². The molecule has 1 aromatic heterocycles. The second-order valence-electron chi connectivity index (χ2n) is 5.43. The smallest absolute Gasteiger partial charge is 0.259 e. The largest absolute Gasteiger partial charge is 0.355 e. The molecule has 2 N–H and O–H groups in total.